The first-order valence-corrected chi connectivity index (χ1v) is 8.35. The van der Waals surface area contributed by atoms with Gasteiger partial charge in [0, 0.05) is 6.07 Å². The van der Waals surface area contributed by atoms with E-state index in [1.54, 1.807) is 0 Å². The molecule has 1 amide bonds. The number of nitrogens with zero attached hydrogens (tertiary/aromatic N) is 4. The highest BCUT2D eigenvalue weighted by atomic mass is 19.2. The van der Waals surface area contributed by atoms with Crippen LogP contribution in [0.15, 0.2) is 18.2 Å². The molecule has 0 unspecified atom stereocenters. The Kier molecular flexibility index (Phi) is 5.08. The van der Waals surface area contributed by atoms with Crippen molar-refractivity contribution in [2.45, 2.75) is 38.1 Å². The standard InChI is InChI=1S/C17H21F2N5O/c1-23-8-4-2-3-5-14(23)17-21-16(10-15(20)25)22-24(17)11-6-7-12(18)13(19)9-11/h6-7,9,14H,2-5,8,10H2,1H3,(H2,20,25)/t14-/m1/s1. The number of amides is 1. The normalized spacial score (nSPS) is 18.9. The summed E-state index contributed by atoms with van der Waals surface area (Å²) in [4.78, 5) is 17.9. The van der Waals surface area contributed by atoms with Gasteiger partial charge in [-0.1, -0.05) is 12.8 Å². The fraction of sp³-hybridized carbons (Fsp3) is 0.471. The van der Waals surface area contributed by atoms with Crippen LogP contribution >= 0.6 is 0 Å². The van der Waals surface area contributed by atoms with Crippen molar-refractivity contribution in [3.63, 3.8) is 0 Å². The van der Waals surface area contributed by atoms with E-state index in [2.05, 4.69) is 15.0 Å². The van der Waals surface area contributed by atoms with Gasteiger partial charge in [-0.15, -0.1) is 0 Å². The fourth-order valence-corrected chi connectivity index (χ4v) is 3.20. The van der Waals surface area contributed by atoms with E-state index < -0.39 is 17.5 Å². The Labute approximate surface area is 144 Å². The molecule has 0 bridgehead atoms. The summed E-state index contributed by atoms with van der Waals surface area (Å²) in [5, 5.41) is 4.32. The molecule has 0 radical (unpaired) electrons. The topological polar surface area (TPSA) is 77.0 Å². The molecule has 0 aliphatic carbocycles. The number of hydrogen-bond donors (Lipinski definition) is 1. The third kappa shape index (κ3) is 3.84. The van der Waals surface area contributed by atoms with E-state index in [1.807, 2.05) is 7.05 Å². The third-order valence-corrected chi connectivity index (χ3v) is 4.47. The number of primary amides is 1. The van der Waals surface area contributed by atoms with Gasteiger partial charge in [-0.05, 0) is 38.6 Å². The number of rotatable bonds is 4. The van der Waals surface area contributed by atoms with Gasteiger partial charge >= 0.3 is 0 Å². The van der Waals surface area contributed by atoms with Gasteiger partial charge in [0.15, 0.2) is 17.5 Å². The summed E-state index contributed by atoms with van der Waals surface area (Å²) < 4.78 is 28.4. The van der Waals surface area contributed by atoms with Crippen LogP contribution in [0.3, 0.4) is 0 Å². The number of nitrogens with two attached hydrogens (primary N) is 1. The second-order valence-electron chi connectivity index (χ2n) is 6.39. The van der Waals surface area contributed by atoms with E-state index in [0.717, 1.165) is 44.4 Å². The summed E-state index contributed by atoms with van der Waals surface area (Å²) in [5.74, 6) is -1.52. The van der Waals surface area contributed by atoms with E-state index >= 15 is 0 Å². The zero-order valence-corrected chi connectivity index (χ0v) is 14.1. The van der Waals surface area contributed by atoms with Crippen molar-refractivity contribution in [2.24, 2.45) is 5.73 Å². The largest absolute Gasteiger partial charge is 0.369 e. The molecule has 1 aromatic heterocycles. The highest BCUT2D eigenvalue weighted by molar-refractivity contribution is 5.75. The van der Waals surface area contributed by atoms with Gasteiger partial charge < -0.3 is 5.73 Å². The number of likely N-dealkylation sites (tertiary alicyclic amines) is 1. The summed E-state index contributed by atoms with van der Waals surface area (Å²) >= 11 is 0. The SMILES string of the molecule is CN1CCCCC[C@@H]1c1nc(CC(N)=O)nn1-c1ccc(F)c(F)c1. The molecule has 0 spiro atoms. The minimum absolute atomic E-state index is 0.00950. The van der Waals surface area contributed by atoms with Crippen molar-refractivity contribution in [2.75, 3.05) is 13.6 Å². The Morgan fingerprint density at radius 2 is 2.08 bits per heavy atom. The summed E-state index contributed by atoms with van der Waals surface area (Å²) in [6.45, 7) is 0.917. The number of carbonyl (C=O) groups excluding carboxylic acids is 1. The molecular formula is C17H21F2N5O. The van der Waals surface area contributed by atoms with E-state index in [-0.39, 0.29) is 18.3 Å². The molecule has 1 fully saturated rings. The maximum atomic E-state index is 13.7. The molecule has 25 heavy (non-hydrogen) atoms. The Morgan fingerprint density at radius 3 is 2.80 bits per heavy atom. The third-order valence-electron chi connectivity index (χ3n) is 4.47. The minimum atomic E-state index is -0.954. The van der Waals surface area contributed by atoms with Crippen molar-refractivity contribution >= 4 is 5.91 Å². The molecule has 0 saturated carbocycles. The summed E-state index contributed by atoms with van der Waals surface area (Å²) in [5.41, 5.74) is 5.62. The van der Waals surface area contributed by atoms with Crippen LogP contribution in [-0.4, -0.2) is 39.2 Å². The summed E-state index contributed by atoms with van der Waals surface area (Å²) in [6.07, 6.45) is 4.06. The summed E-state index contributed by atoms with van der Waals surface area (Å²) in [6, 6.07) is 3.57. The molecule has 1 aliphatic rings. The van der Waals surface area contributed by atoms with Crippen LogP contribution in [0, 0.1) is 11.6 Å². The van der Waals surface area contributed by atoms with Crippen molar-refractivity contribution in [3.05, 3.63) is 41.5 Å². The lowest BCUT2D eigenvalue weighted by Crippen LogP contribution is -2.26. The number of aromatic nitrogens is 3. The molecular weight excluding hydrogens is 328 g/mol. The predicted molar refractivity (Wildman–Crippen MR) is 88.0 cm³/mol. The predicted octanol–water partition coefficient (Wildman–Crippen LogP) is 2.12. The van der Waals surface area contributed by atoms with Gasteiger partial charge in [-0.3, -0.25) is 9.69 Å². The molecule has 1 aliphatic heterocycles. The molecule has 2 N–H and O–H groups in total. The van der Waals surface area contributed by atoms with Crippen LogP contribution < -0.4 is 5.73 Å². The van der Waals surface area contributed by atoms with E-state index in [1.165, 1.54) is 10.7 Å². The monoisotopic (exact) mass is 349 g/mol. The van der Waals surface area contributed by atoms with Crippen LogP contribution in [0.2, 0.25) is 0 Å². The van der Waals surface area contributed by atoms with E-state index in [4.69, 9.17) is 5.73 Å². The Balaban J connectivity index is 2.06. The number of halogens is 2. The first kappa shape index (κ1) is 17.5. The maximum Gasteiger partial charge on any atom is 0.225 e. The molecule has 8 heteroatoms. The number of hydrogen-bond acceptors (Lipinski definition) is 4. The van der Waals surface area contributed by atoms with Crippen molar-refractivity contribution < 1.29 is 13.6 Å². The molecule has 1 aromatic carbocycles. The smallest absolute Gasteiger partial charge is 0.225 e. The van der Waals surface area contributed by atoms with Crippen molar-refractivity contribution in [1.82, 2.24) is 19.7 Å². The first-order chi connectivity index (χ1) is 12.0. The van der Waals surface area contributed by atoms with Crippen LogP contribution in [0.5, 0.6) is 0 Å². The summed E-state index contributed by atoms with van der Waals surface area (Å²) in [7, 11) is 2.01. The molecule has 1 saturated heterocycles. The average Bonchev–Trinajstić information content (AvgIpc) is 2.83. The Bertz CT molecular complexity index is 776. The van der Waals surface area contributed by atoms with Crippen LogP contribution in [-0.2, 0) is 11.2 Å². The number of carbonyl (C=O) groups is 1. The second kappa shape index (κ2) is 7.26. The molecule has 1 atom stereocenters. The van der Waals surface area contributed by atoms with Crippen molar-refractivity contribution in [3.8, 4) is 5.69 Å². The van der Waals surface area contributed by atoms with E-state index in [0.29, 0.717) is 11.5 Å². The van der Waals surface area contributed by atoms with Crippen molar-refractivity contribution in [1.29, 1.82) is 0 Å². The van der Waals surface area contributed by atoms with Gasteiger partial charge in [0.05, 0.1) is 18.2 Å². The van der Waals surface area contributed by atoms with Gasteiger partial charge in [0.1, 0.15) is 5.82 Å². The highest BCUT2D eigenvalue weighted by Gasteiger charge is 2.26. The minimum Gasteiger partial charge on any atom is -0.369 e. The fourth-order valence-electron chi connectivity index (χ4n) is 3.20. The van der Waals surface area contributed by atoms with Gasteiger partial charge in [0.2, 0.25) is 5.91 Å². The Morgan fingerprint density at radius 1 is 1.28 bits per heavy atom. The first-order valence-electron chi connectivity index (χ1n) is 8.35. The zero-order valence-electron chi connectivity index (χ0n) is 14.1. The van der Waals surface area contributed by atoms with Crippen LogP contribution in [0.25, 0.3) is 5.69 Å². The zero-order chi connectivity index (χ0) is 18.0. The lowest BCUT2D eigenvalue weighted by Gasteiger charge is -2.25. The van der Waals surface area contributed by atoms with E-state index in [9.17, 15) is 13.6 Å². The molecule has 134 valence electrons. The van der Waals surface area contributed by atoms with Gasteiger partial charge in [0.25, 0.3) is 0 Å². The van der Waals surface area contributed by atoms with Crippen LogP contribution in [0.1, 0.15) is 43.4 Å². The average molecular weight is 349 g/mol. The molecule has 2 aromatic rings. The Hall–Kier alpha value is -2.35. The lowest BCUT2D eigenvalue weighted by atomic mass is 10.1. The number of benzene rings is 1. The second-order valence-corrected chi connectivity index (χ2v) is 6.39. The van der Waals surface area contributed by atoms with Crippen LogP contribution in [0.4, 0.5) is 8.78 Å². The van der Waals surface area contributed by atoms with Gasteiger partial charge in [-0.2, -0.15) is 5.10 Å². The van der Waals surface area contributed by atoms with Gasteiger partial charge in [-0.25, -0.2) is 18.4 Å². The lowest BCUT2D eigenvalue weighted by molar-refractivity contribution is -0.117. The maximum absolute atomic E-state index is 13.7. The molecule has 3 rings (SSSR count). The molecule has 2 heterocycles. The highest BCUT2D eigenvalue weighted by Crippen LogP contribution is 2.29. The quantitative estimate of drug-likeness (QED) is 0.917. The molecule has 6 nitrogen and oxygen atoms in total.